The normalized spacial score (nSPS) is 20.9. The number of aliphatic hydroxyl groups is 4. The molecule has 0 aliphatic rings. The molecule has 0 aromatic rings. The van der Waals surface area contributed by atoms with E-state index >= 15 is 0 Å². The van der Waals surface area contributed by atoms with E-state index in [0.29, 0.717) is 0 Å². The fourth-order valence-electron chi connectivity index (χ4n) is 0.870. The van der Waals surface area contributed by atoms with Crippen LogP contribution in [0.15, 0.2) is 0 Å². The van der Waals surface area contributed by atoms with E-state index in [9.17, 15) is 9.36 Å². The molecule has 0 aliphatic heterocycles. The van der Waals surface area contributed by atoms with Gasteiger partial charge in [0, 0.05) is 0 Å². The maximum atomic E-state index is 11.2. The van der Waals surface area contributed by atoms with Crippen molar-refractivity contribution in [2.45, 2.75) is 25.2 Å². The first kappa shape index (κ1) is 15.7. The highest BCUT2D eigenvalue weighted by atomic mass is 31.2. The highest BCUT2D eigenvalue weighted by Gasteiger charge is 2.41. The SMILES string of the molecule is CCOP(=O)(O)C(=O)[C@H](O)[C@H](O)[C@H](O)CO. The Hall–Kier alpha value is -0.340. The van der Waals surface area contributed by atoms with Crippen LogP contribution in [0.25, 0.3) is 0 Å². The van der Waals surface area contributed by atoms with E-state index in [0.717, 1.165) is 0 Å². The first-order chi connectivity index (χ1) is 7.27. The summed E-state index contributed by atoms with van der Waals surface area (Å²) in [5.74, 6) is 0. The minimum absolute atomic E-state index is 0.231. The highest BCUT2D eigenvalue weighted by molar-refractivity contribution is 7.71. The molecule has 0 aromatic carbocycles. The standard InChI is InChI=1S/C7H15O8P/c1-2-15-16(13,14)7(12)6(11)5(10)4(9)3-8/h4-6,8-11H,2-3H2,1H3,(H,13,14)/t4-,5-,6-/m1/s1. The summed E-state index contributed by atoms with van der Waals surface area (Å²) >= 11 is 0. The molecule has 4 atom stereocenters. The molecule has 0 saturated carbocycles. The van der Waals surface area contributed by atoms with Crippen LogP contribution in [0.2, 0.25) is 0 Å². The van der Waals surface area contributed by atoms with E-state index in [2.05, 4.69) is 4.52 Å². The molecular weight excluding hydrogens is 243 g/mol. The van der Waals surface area contributed by atoms with Crippen LogP contribution in [0.1, 0.15) is 6.92 Å². The first-order valence-corrected chi connectivity index (χ1v) is 6.02. The Morgan fingerprint density at radius 1 is 1.38 bits per heavy atom. The van der Waals surface area contributed by atoms with Crippen molar-refractivity contribution in [2.75, 3.05) is 13.2 Å². The van der Waals surface area contributed by atoms with Crippen molar-refractivity contribution >= 4 is 13.1 Å². The minimum Gasteiger partial charge on any atom is -0.394 e. The lowest BCUT2D eigenvalue weighted by Crippen LogP contribution is -2.43. The van der Waals surface area contributed by atoms with Crippen LogP contribution in [0, 0.1) is 0 Å². The van der Waals surface area contributed by atoms with E-state index in [4.69, 9.17) is 25.3 Å². The van der Waals surface area contributed by atoms with Crippen LogP contribution in [-0.2, 0) is 13.9 Å². The van der Waals surface area contributed by atoms with E-state index < -0.39 is 38.0 Å². The fourth-order valence-corrected chi connectivity index (χ4v) is 1.83. The van der Waals surface area contributed by atoms with Crippen molar-refractivity contribution in [3.8, 4) is 0 Å². The summed E-state index contributed by atoms with van der Waals surface area (Å²) in [5.41, 5.74) is -1.63. The minimum atomic E-state index is -4.69. The van der Waals surface area contributed by atoms with Crippen molar-refractivity contribution in [1.29, 1.82) is 0 Å². The fraction of sp³-hybridized carbons (Fsp3) is 0.857. The van der Waals surface area contributed by atoms with Crippen LogP contribution in [0.5, 0.6) is 0 Å². The molecule has 8 nitrogen and oxygen atoms in total. The van der Waals surface area contributed by atoms with Gasteiger partial charge in [0.25, 0.3) is 5.52 Å². The number of rotatable bonds is 7. The maximum Gasteiger partial charge on any atom is 0.397 e. The molecule has 0 spiro atoms. The van der Waals surface area contributed by atoms with Crippen LogP contribution >= 0.6 is 7.60 Å². The van der Waals surface area contributed by atoms with Crippen molar-refractivity contribution in [3.63, 3.8) is 0 Å². The number of hydrogen-bond acceptors (Lipinski definition) is 7. The molecule has 0 saturated heterocycles. The molecule has 96 valence electrons. The van der Waals surface area contributed by atoms with Gasteiger partial charge in [-0.15, -0.1) is 0 Å². The van der Waals surface area contributed by atoms with E-state index in [1.165, 1.54) is 6.92 Å². The summed E-state index contributed by atoms with van der Waals surface area (Å²) in [6.45, 7) is 0.224. The van der Waals surface area contributed by atoms with Crippen molar-refractivity contribution in [1.82, 2.24) is 0 Å². The molecule has 0 heterocycles. The molecular formula is C7H15O8P. The highest BCUT2D eigenvalue weighted by Crippen LogP contribution is 2.44. The molecule has 0 radical (unpaired) electrons. The number of carbonyl (C=O) groups excluding carboxylic acids is 1. The van der Waals surface area contributed by atoms with Gasteiger partial charge in [0.1, 0.15) is 12.2 Å². The third kappa shape index (κ3) is 3.91. The third-order valence-electron chi connectivity index (χ3n) is 1.74. The molecule has 0 aromatic heterocycles. The lowest BCUT2D eigenvalue weighted by atomic mass is 10.1. The summed E-state index contributed by atoms with van der Waals surface area (Å²) in [7, 11) is -4.69. The molecule has 0 fully saturated rings. The smallest absolute Gasteiger partial charge is 0.394 e. The Labute approximate surface area is 91.6 Å². The van der Waals surface area contributed by atoms with E-state index in [1.54, 1.807) is 0 Å². The summed E-state index contributed by atoms with van der Waals surface area (Å²) in [5, 5.41) is 35.7. The van der Waals surface area contributed by atoms with Gasteiger partial charge >= 0.3 is 7.60 Å². The Morgan fingerprint density at radius 2 is 1.88 bits per heavy atom. The average Bonchev–Trinajstić information content (AvgIpc) is 2.24. The molecule has 0 bridgehead atoms. The van der Waals surface area contributed by atoms with Crippen LogP contribution < -0.4 is 0 Å². The predicted molar refractivity (Wildman–Crippen MR) is 51.6 cm³/mol. The van der Waals surface area contributed by atoms with Gasteiger partial charge < -0.3 is 29.8 Å². The van der Waals surface area contributed by atoms with Gasteiger partial charge in [0.2, 0.25) is 0 Å². The quantitative estimate of drug-likeness (QED) is 0.324. The van der Waals surface area contributed by atoms with E-state index in [1.807, 2.05) is 0 Å². The number of hydrogen-bond donors (Lipinski definition) is 5. The molecule has 0 amide bonds. The summed E-state index contributed by atoms with van der Waals surface area (Å²) in [4.78, 5) is 20.2. The van der Waals surface area contributed by atoms with Crippen LogP contribution in [-0.4, -0.2) is 62.4 Å². The predicted octanol–water partition coefficient (Wildman–Crippen LogP) is -2.19. The second kappa shape index (κ2) is 6.41. The summed E-state index contributed by atoms with van der Waals surface area (Å²) in [6, 6.07) is 0. The van der Waals surface area contributed by atoms with Crippen LogP contribution in [0.4, 0.5) is 0 Å². The van der Waals surface area contributed by atoms with Gasteiger partial charge in [-0.05, 0) is 6.92 Å². The largest absolute Gasteiger partial charge is 0.397 e. The lowest BCUT2D eigenvalue weighted by molar-refractivity contribution is -0.134. The zero-order valence-electron chi connectivity index (χ0n) is 8.55. The molecule has 1 unspecified atom stereocenters. The van der Waals surface area contributed by atoms with Crippen molar-refractivity contribution in [3.05, 3.63) is 0 Å². The van der Waals surface area contributed by atoms with Crippen LogP contribution in [0.3, 0.4) is 0 Å². The Bertz CT molecular complexity index is 280. The third-order valence-corrected chi connectivity index (χ3v) is 3.17. The Morgan fingerprint density at radius 3 is 2.25 bits per heavy atom. The zero-order chi connectivity index (χ0) is 12.9. The summed E-state index contributed by atoms with van der Waals surface area (Å²) in [6.07, 6.45) is -6.15. The Balaban J connectivity index is 4.67. The molecule has 5 N–H and O–H groups in total. The average molecular weight is 258 g/mol. The molecule has 16 heavy (non-hydrogen) atoms. The summed E-state index contributed by atoms with van der Waals surface area (Å²) < 4.78 is 15.4. The van der Waals surface area contributed by atoms with Gasteiger partial charge in [-0.3, -0.25) is 9.36 Å². The van der Waals surface area contributed by atoms with E-state index in [-0.39, 0.29) is 6.61 Å². The lowest BCUT2D eigenvalue weighted by Gasteiger charge is -2.21. The first-order valence-electron chi connectivity index (χ1n) is 4.44. The second-order valence-electron chi connectivity index (χ2n) is 2.96. The monoisotopic (exact) mass is 258 g/mol. The van der Waals surface area contributed by atoms with Gasteiger partial charge in [-0.25, -0.2) is 0 Å². The molecule has 0 aliphatic carbocycles. The van der Waals surface area contributed by atoms with Gasteiger partial charge in [-0.1, -0.05) is 0 Å². The van der Waals surface area contributed by atoms with Gasteiger partial charge in [0.15, 0.2) is 6.10 Å². The Kier molecular flexibility index (Phi) is 6.27. The maximum absolute atomic E-state index is 11.2. The second-order valence-corrected chi connectivity index (χ2v) is 4.70. The van der Waals surface area contributed by atoms with Crippen molar-refractivity contribution < 1.29 is 39.2 Å². The van der Waals surface area contributed by atoms with Crippen molar-refractivity contribution in [2.24, 2.45) is 0 Å². The number of aliphatic hydroxyl groups excluding tert-OH is 4. The molecule has 0 rings (SSSR count). The number of carbonyl (C=O) groups is 1. The van der Waals surface area contributed by atoms with Gasteiger partial charge in [0.05, 0.1) is 13.2 Å². The molecule has 9 heteroatoms. The zero-order valence-corrected chi connectivity index (χ0v) is 9.45. The topological polar surface area (TPSA) is 145 Å². The van der Waals surface area contributed by atoms with Gasteiger partial charge in [-0.2, -0.15) is 0 Å².